The number of unbranched alkanes of at least 4 members (excludes halogenated alkanes) is 7. The van der Waals surface area contributed by atoms with Crippen LogP contribution in [0.1, 0.15) is 112 Å². The first-order valence-electron chi connectivity index (χ1n) is 14.0. The van der Waals surface area contributed by atoms with E-state index in [2.05, 4.69) is 50.0 Å². The molecular formula is C32H43NO3. The largest absolute Gasteiger partial charge is 0.476 e. The number of benzene rings is 2. The third-order valence-corrected chi connectivity index (χ3v) is 6.83. The van der Waals surface area contributed by atoms with E-state index < -0.39 is 5.97 Å². The summed E-state index contributed by atoms with van der Waals surface area (Å²) in [4.78, 5) is 16.6. The molecule has 3 aromatic rings. The lowest BCUT2D eigenvalue weighted by Gasteiger charge is -2.17. The molecule has 0 aliphatic heterocycles. The molecule has 1 heterocycles. The van der Waals surface area contributed by atoms with E-state index in [0.29, 0.717) is 23.3 Å². The summed E-state index contributed by atoms with van der Waals surface area (Å²) >= 11 is 0. The number of aryl methyl sites for hydroxylation is 2. The van der Waals surface area contributed by atoms with Crippen LogP contribution in [0.4, 0.5) is 0 Å². The molecule has 0 unspecified atom stereocenters. The van der Waals surface area contributed by atoms with Crippen LogP contribution >= 0.6 is 0 Å². The number of hydrogen-bond acceptors (Lipinski definition) is 3. The maximum absolute atomic E-state index is 12.1. The van der Waals surface area contributed by atoms with Gasteiger partial charge in [0, 0.05) is 10.9 Å². The molecule has 0 saturated heterocycles. The summed E-state index contributed by atoms with van der Waals surface area (Å²) < 4.78 is 6.46. The zero-order valence-corrected chi connectivity index (χ0v) is 22.4. The number of rotatable bonds is 16. The van der Waals surface area contributed by atoms with Crippen molar-refractivity contribution >= 4 is 16.9 Å². The van der Waals surface area contributed by atoms with E-state index in [0.717, 1.165) is 43.2 Å². The van der Waals surface area contributed by atoms with Crippen molar-refractivity contribution in [2.75, 3.05) is 0 Å². The number of nitrogens with zero attached hydrogens (tertiary/aromatic N) is 1. The summed E-state index contributed by atoms with van der Waals surface area (Å²) in [6.45, 7) is 6.49. The Kier molecular flexibility index (Phi) is 11.3. The fourth-order valence-corrected chi connectivity index (χ4v) is 4.76. The number of pyridine rings is 1. The molecule has 0 aliphatic carbocycles. The lowest BCUT2D eigenvalue weighted by molar-refractivity contribution is 0.0689. The molecule has 4 nitrogen and oxygen atoms in total. The number of fused-ring (bicyclic) bond motifs is 1. The Morgan fingerprint density at radius 2 is 1.39 bits per heavy atom. The molecule has 0 bridgehead atoms. The lowest BCUT2D eigenvalue weighted by atomic mass is 10.00. The van der Waals surface area contributed by atoms with Gasteiger partial charge >= 0.3 is 5.97 Å². The Balaban J connectivity index is 1.82. The van der Waals surface area contributed by atoms with Crippen LogP contribution in [0.15, 0.2) is 42.5 Å². The number of carbonyl (C=O) groups is 1. The highest BCUT2D eigenvalue weighted by atomic mass is 16.5. The topological polar surface area (TPSA) is 59.4 Å². The first-order chi connectivity index (χ1) is 17.6. The molecule has 0 fully saturated rings. The average Bonchev–Trinajstić information content (AvgIpc) is 2.88. The number of hydrogen-bond donors (Lipinski definition) is 1. The van der Waals surface area contributed by atoms with Gasteiger partial charge in [-0.2, -0.15) is 0 Å². The van der Waals surface area contributed by atoms with Crippen molar-refractivity contribution < 1.29 is 14.6 Å². The van der Waals surface area contributed by atoms with E-state index in [9.17, 15) is 9.90 Å². The van der Waals surface area contributed by atoms with Gasteiger partial charge in [-0.15, -0.1) is 0 Å². The van der Waals surface area contributed by atoms with Gasteiger partial charge in [-0.25, -0.2) is 9.78 Å². The second-order valence-corrected chi connectivity index (χ2v) is 9.90. The summed E-state index contributed by atoms with van der Waals surface area (Å²) in [6, 6.07) is 14.4. The summed E-state index contributed by atoms with van der Waals surface area (Å²) in [6.07, 6.45) is 14.9. The Labute approximate surface area is 217 Å². The SMILES string of the molecule is CCCCCCCCCc1ccc(Oc2c(CCC)c(C(=O)O)nc3ccc(CCCC)cc23)cc1. The van der Waals surface area contributed by atoms with Crippen LogP contribution in [0, 0.1) is 0 Å². The predicted molar refractivity (Wildman–Crippen MR) is 150 cm³/mol. The number of carboxylic acids is 1. The van der Waals surface area contributed by atoms with Crippen molar-refractivity contribution in [3.05, 3.63) is 64.8 Å². The van der Waals surface area contributed by atoms with Crippen LogP contribution in [0.5, 0.6) is 11.5 Å². The van der Waals surface area contributed by atoms with Gasteiger partial charge in [0.25, 0.3) is 0 Å². The molecule has 0 aliphatic rings. The summed E-state index contributed by atoms with van der Waals surface area (Å²) in [5.41, 5.74) is 3.98. The molecule has 0 radical (unpaired) electrons. The molecule has 0 saturated carbocycles. The van der Waals surface area contributed by atoms with Crippen molar-refractivity contribution in [3.8, 4) is 11.5 Å². The molecular weight excluding hydrogens is 446 g/mol. The standard InChI is InChI=1S/C32H43NO3/c1-4-7-9-10-11-12-13-16-24-17-20-26(21-18-24)36-31-27(14-6-3)30(32(34)35)33-29-22-19-25(15-8-5-2)23-28(29)31/h17-23H,4-16H2,1-3H3,(H,34,35). The van der Waals surface area contributed by atoms with Crippen molar-refractivity contribution in [2.24, 2.45) is 0 Å². The van der Waals surface area contributed by atoms with E-state index in [1.54, 1.807) is 0 Å². The normalized spacial score (nSPS) is 11.2. The van der Waals surface area contributed by atoms with Crippen LogP contribution in [0.3, 0.4) is 0 Å². The van der Waals surface area contributed by atoms with Crippen molar-refractivity contribution in [2.45, 2.75) is 104 Å². The zero-order valence-electron chi connectivity index (χ0n) is 22.4. The minimum Gasteiger partial charge on any atom is -0.476 e. The third-order valence-electron chi connectivity index (χ3n) is 6.83. The van der Waals surface area contributed by atoms with Gasteiger partial charge in [-0.3, -0.25) is 0 Å². The maximum Gasteiger partial charge on any atom is 0.354 e. The van der Waals surface area contributed by atoms with Crippen LogP contribution in [0.25, 0.3) is 10.9 Å². The average molecular weight is 490 g/mol. The molecule has 4 heteroatoms. The minimum atomic E-state index is -1.01. The molecule has 3 rings (SSSR count). The van der Waals surface area contributed by atoms with Crippen molar-refractivity contribution in [3.63, 3.8) is 0 Å². The number of ether oxygens (including phenoxy) is 1. The van der Waals surface area contributed by atoms with Crippen LogP contribution in [0.2, 0.25) is 0 Å². The minimum absolute atomic E-state index is 0.0937. The number of carboxylic acid groups (broad SMARTS) is 1. The molecule has 0 amide bonds. The lowest BCUT2D eigenvalue weighted by Crippen LogP contribution is -2.09. The van der Waals surface area contributed by atoms with Gasteiger partial charge in [-0.1, -0.05) is 90.3 Å². The fourth-order valence-electron chi connectivity index (χ4n) is 4.76. The Morgan fingerprint density at radius 1 is 0.750 bits per heavy atom. The Bertz CT molecular complexity index is 1100. The number of aromatic nitrogens is 1. The van der Waals surface area contributed by atoms with Crippen LogP contribution in [-0.4, -0.2) is 16.1 Å². The Hall–Kier alpha value is -2.88. The van der Waals surface area contributed by atoms with E-state index >= 15 is 0 Å². The first-order valence-corrected chi connectivity index (χ1v) is 14.0. The first kappa shape index (κ1) is 27.7. The van der Waals surface area contributed by atoms with Gasteiger partial charge < -0.3 is 9.84 Å². The maximum atomic E-state index is 12.1. The molecule has 1 N–H and O–H groups in total. The van der Waals surface area contributed by atoms with E-state index in [4.69, 9.17) is 4.74 Å². The van der Waals surface area contributed by atoms with E-state index in [1.165, 1.54) is 56.1 Å². The van der Waals surface area contributed by atoms with E-state index in [1.807, 2.05) is 18.2 Å². The smallest absolute Gasteiger partial charge is 0.354 e. The third kappa shape index (κ3) is 7.81. The molecule has 36 heavy (non-hydrogen) atoms. The highest BCUT2D eigenvalue weighted by Crippen LogP contribution is 2.36. The monoisotopic (exact) mass is 489 g/mol. The quantitative estimate of drug-likeness (QED) is 0.204. The van der Waals surface area contributed by atoms with Gasteiger partial charge in [0.05, 0.1) is 5.52 Å². The zero-order chi connectivity index (χ0) is 25.8. The predicted octanol–water partition coefficient (Wildman–Crippen LogP) is 9.31. The fraction of sp³-hybridized carbons (Fsp3) is 0.500. The van der Waals surface area contributed by atoms with Gasteiger partial charge in [-0.05, 0) is 67.5 Å². The van der Waals surface area contributed by atoms with Gasteiger partial charge in [0.15, 0.2) is 5.69 Å². The van der Waals surface area contributed by atoms with Gasteiger partial charge in [0.2, 0.25) is 0 Å². The highest BCUT2D eigenvalue weighted by molar-refractivity contribution is 5.96. The summed E-state index contributed by atoms with van der Waals surface area (Å²) in [5.74, 6) is 0.362. The second kappa shape index (κ2) is 14.6. The van der Waals surface area contributed by atoms with Crippen molar-refractivity contribution in [1.82, 2.24) is 4.98 Å². The molecule has 2 aromatic carbocycles. The molecule has 0 atom stereocenters. The Morgan fingerprint density at radius 3 is 2.06 bits per heavy atom. The van der Waals surface area contributed by atoms with Gasteiger partial charge in [0.1, 0.15) is 11.5 Å². The van der Waals surface area contributed by atoms with Crippen molar-refractivity contribution in [1.29, 1.82) is 0 Å². The summed E-state index contributed by atoms with van der Waals surface area (Å²) in [5, 5.41) is 10.8. The van der Waals surface area contributed by atoms with Crippen LogP contribution in [-0.2, 0) is 19.3 Å². The number of aromatic carboxylic acids is 1. The molecule has 1 aromatic heterocycles. The summed E-state index contributed by atoms with van der Waals surface area (Å²) in [7, 11) is 0. The molecule has 0 spiro atoms. The molecule has 194 valence electrons. The second-order valence-electron chi connectivity index (χ2n) is 9.90. The van der Waals surface area contributed by atoms with Crippen LogP contribution < -0.4 is 4.74 Å². The van der Waals surface area contributed by atoms with E-state index in [-0.39, 0.29) is 5.69 Å². The highest BCUT2D eigenvalue weighted by Gasteiger charge is 2.21.